The molecule has 0 aliphatic rings. The van der Waals surface area contributed by atoms with E-state index in [1.807, 2.05) is 0 Å². The Morgan fingerprint density at radius 3 is 2.67 bits per heavy atom. The predicted molar refractivity (Wildman–Crippen MR) is 82.6 cm³/mol. The first kappa shape index (κ1) is 15.3. The van der Waals surface area contributed by atoms with E-state index in [0.717, 1.165) is 6.07 Å². The number of hydrogen-bond acceptors (Lipinski definition) is 7. The van der Waals surface area contributed by atoms with Gasteiger partial charge in [0.15, 0.2) is 0 Å². The zero-order chi connectivity index (χ0) is 17.3. The van der Waals surface area contributed by atoms with Crippen LogP contribution in [-0.2, 0) is 13.7 Å². The average molecular weight is 329 g/mol. The molecule has 0 radical (unpaired) electrons. The second-order valence-corrected chi connectivity index (χ2v) is 4.96. The highest BCUT2D eigenvalue weighted by molar-refractivity contribution is 5.79. The fourth-order valence-corrected chi connectivity index (χ4v) is 2.28. The van der Waals surface area contributed by atoms with Gasteiger partial charge >= 0.3 is 0 Å². The van der Waals surface area contributed by atoms with Crippen LogP contribution in [0.1, 0.15) is 5.56 Å². The number of non-ortho nitro benzene ring substituents is 1. The van der Waals surface area contributed by atoms with E-state index < -0.39 is 9.85 Å². The Hall–Kier alpha value is -3.56. The molecule has 10 heteroatoms. The van der Waals surface area contributed by atoms with Gasteiger partial charge in [-0.3, -0.25) is 20.2 Å². The van der Waals surface area contributed by atoms with E-state index in [4.69, 9.17) is 4.74 Å². The number of imidazole rings is 1. The smallest absolute Gasteiger partial charge is 0.282 e. The fraction of sp³-hybridized carbons (Fsp3) is 0.143. The van der Waals surface area contributed by atoms with Crippen LogP contribution in [0.15, 0.2) is 36.8 Å². The van der Waals surface area contributed by atoms with E-state index in [2.05, 4.69) is 9.97 Å². The standard InChI is InChI=1S/C14H11N5O5/c1-17-8-16-11-4-5-15-14(13(11)17)24-7-9-2-3-10(18(20)21)6-12(9)19(22)23/h2-6,8H,7H2,1H3. The first-order valence-corrected chi connectivity index (χ1v) is 6.78. The van der Waals surface area contributed by atoms with Gasteiger partial charge in [0.25, 0.3) is 11.4 Å². The van der Waals surface area contributed by atoms with Crippen molar-refractivity contribution in [3.05, 3.63) is 62.6 Å². The summed E-state index contributed by atoms with van der Waals surface area (Å²) in [6, 6.07) is 5.14. The van der Waals surface area contributed by atoms with Gasteiger partial charge in [0.05, 0.1) is 33.3 Å². The number of nitro groups is 2. The Labute approximate surface area is 134 Å². The van der Waals surface area contributed by atoms with E-state index in [9.17, 15) is 20.2 Å². The molecule has 0 fully saturated rings. The van der Waals surface area contributed by atoms with Gasteiger partial charge in [0.1, 0.15) is 12.1 Å². The number of aromatic nitrogens is 3. The Bertz CT molecular complexity index is 952. The summed E-state index contributed by atoms with van der Waals surface area (Å²) < 4.78 is 7.31. The number of nitrogens with zero attached hydrogens (tertiary/aromatic N) is 5. The Morgan fingerprint density at radius 1 is 1.17 bits per heavy atom. The van der Waals surface area contributed by atoms with Crippen molar-refractivity contribution in [1.29, 1.82) is 0 Å². The molecule has 0 bridgehead atoms. The first-order chi connectivity index (χ1) is 11.5. The Balaban J connectivity index is 1.92. The predicted octanol–water partition coefficient (Wildman–Crippen LogP) is 2.36. The number of aryl methyl sites for hydroxylation is 1. The van der Waals surface area contributed by atoms with Crippen LogP contribution in [0, 0.1) is 20.2 Å². The number of ether oxygens (including phenoxy) is 1. The third-order valence-corrected chi connectivity index (χ3v) is 3.43. The highest BCUT2D eigenvalue weighted by Gasteiger charge is 2.20. The van der Waals surface area contributed by atoms with Gasteiger partial charge in [-0.15, -0.1) is 0 Å². The van der Waals surface area contributed by atoms with Crippen molar-refractivity contribution in [2.45, 2.75) is 6.61 Å². The van der Waals surface area contributed by atoms with Crippen molar-refractivity contribution in [2.24, 2.45) is 7.05 Å². The average Bonchev–Trinajstić information content (AvgIpc) is 2.94. The maximum absolute atomic E-state index is 11.1. The zero-order valence-corrected chi connectivity index (χ0v) is 12.4. The normalized spacial score (nSPS) is 10.7. The lowest BCUT2D eigenvalue weighted by molar-refractivity contribution is -0.394. The lowest BCUT2D eigenvalue weighted by Gasteiger charge is -2.08. The SMILES string of the molecule is Cn1cnc2ccnc(OCc3ccc([N+](=O)[O-])cc3[N+](=O)[O-])c21. The highest BCUT2D eigenvalue weighted by atomic mass is 16.6. The number of rotatable bonds is 5. The van der Waals surface area contributed by atoms with Crippen molar-refractivity contribution in [3.63, 3.8) is 0 Å². The molecule has 10 nitrogen and oxygen atoms in total. The molecule has 0 saturated heterocycles. The summed E-state index contributed by atoms with van der Waals surface area (Å²) in [7, 11) is 1.78. The third kappa shape index (κ3) is 2.72. The molecule has 0 atom stereocenters. The van der Waals surface area contributed by atoms with Crippen LogP contribution in [0.5, 0.6) is 5.88 Å². The van der Waals surface area contributed by atoms with Crippen molar-refractivity contribution in [3.8, 4) is 5.88 Å². The van der Waals surface area contributed by atoms with Gasteiger partial charge in [-0.25, -0.2) is 9.97 Å². The van der Waals surface area contributed by atoms with Gasteiger partial charge in [-0.1, -0.05) is 0 Å². The van der Waals surface area contributed by atoms with Gasteiger partial charge in [0.2, 0.25) is 5.88 Å². The summed E-state index contributed by atoms with van der Waals surface area (Å²) in [5.41, 5.74) is 0.827. The maximum Gasteiger partial charge on any atom is 0.282 e. The van der Waals surface area contributed by atoms with E-state index in [0.29, 0.717) is 11.0 Å². The molecular weight excluding hydrogens is 318 g/mol. The third-order valence-electron chi connectivity index (χ3n) is 3.43. The number of pyridine rings is 1. The van der Waals surface area contributed by atoms with Crippen LogP contribution in [0.4, 0.5) is 11.4 Å². The summed E-state index contributed by atoms with van der Waals surface area (Å²) in [4.78, 5) is 28.8. The van der Waals surface area contributed by atoms with Gasteiger partial charge in [0, 0.05) is 19.3 Å². The first-order valence-electron chi connectivity index (χ1n) is 6.78. The molecule has 24 heavy (non-hydrogen) atoms. The van der Waals surface area contributed by atoms with E-state index in [-0.39, 0.29) is 29.4 Å². The molecule has 1 aromatic carbocycles. The van der Waals surface area contributed by atoms with Crippen molar-refractivity contribution < 1.29 is 14.6 Å². The molecule has 0 N–H and O–H groups in total. The van der Waals surface area contributed by atoms with Crippen LogP contribution in [0.2, 0.25) is 0 Å². The number of fused-ring (bicyclic) bond motifs is 1. The van der Waals surface area contributed by atoms with Crippen LogP contribution in [0.25, 0.3) is 11.0 Å². The quantitative estimate of drug-likeness (QED) is 0.519. The lowest BCUT2D eigenvalue weighted by Crippen LogP contribution is -2.03. The largest absolute Gasteiger partial charge is 0.471 e. The molecule has 0 aliphatic heterocycles. The Morgan fingerprint density at radius 2 is 1.96 bits per heavy atom. The summed E-state index contributed by atoms with van der Waals surface area (Å²) in [5.74, 6) is 0.278. The molecule has 3 aromatic rings. The minimum absolute atomic E-state index is 0.147. The van der Waals surface area contributed by atoms with E-state index in [1.54, 1.807) is 24.0 Å². The molecule has 0 spiro atoms. The van der Waals surface area contributed by atoms with Gasteiger partial charge in [-0.05, 0) is 12.1 Å². The minimum Gasteiger partial charge on any atom is -0.471 e. The molecule has 0 unspecified atom stereocenters. The number of benzene rings is 1. The second kappa shape index (κ2) is 5.91. The molecule has 0 aliphatic carbocycles. The summed E-state index contributed by atoms with van der Waals surface area (Å²) in [5, 5.41) is 21.9. The molecule has 2 aromatic heterocycles. The van der Waals surface area contributed by atoms with Crippen molar-refractivity contribution in [1.82, 2.24) is 14.5 Å². The van der Waals surface area contributed by atoms with E-state index >= 15 is 0 Å². The van der Waals surface area contributed by atoms with Crippen molar-refractivity contribution in [2.75, 3.05) is 0 Å². The van der Waals surface area contributed by atoms with Crippen LogP contribution >= 0.6 is 0 Å². The van der Waals surface area contributed by atoms with Crippen LogP contribution < -0.4 is 4.74 Å². The van der Waals surface area contributed by atoms with Crippen molar-refractivity contribution >= 4 is 22.4 Å². The summed E-state index contributed by atoms with van der Waals surface area (Å²) in [6.07, 6.45) is 3.13. The lowest BCUT2D eigenvalue weighted by atomic mass is 10.1. The monoisotopic (exact) mass is 329 g/mol. The van der Waals surface area contributed by atoms with Crippen LogP contribution in [-0.4, -0.2) is 24.4 Å². The molecule has 0 amide bonds. The molecule has 2 heterocycles. The minimum atomic E-state index is -0.685. The highest BCUT2D eigenvalue weighted by Crippen LogP contribution is 2.27. The zero-order valence-electron chi connectivity index (χ0n) is 12.4. The Kier molecular flexibility index (Phi) is 3.78. The molecule has 122 valence electrons. The number of hydrogen-bond donors (Lipinski definition) is 0. The van der Waals surface area contributed by atoms with Gasteiger partial charge < -0.3 is 9.30 Å². The summed E-state index contributed by atoms with van der Waals surface area (Å²) >= 11 is 0. The van der Waals surface area contributed by atoms with Crippen LogP contribution in [0.3, 0.4) is 0 Å². The maximum atomic E-state index is 11.1. The van der Waals surface area contributed by atoms with Gasteiger partial charge in [-0.2, -0.15) is 0 Å². The van der Waals surface area contributed by atoms with E-state index in [1.165, 1.54) is 18.3 Å². The molecular formula is C14H11N5O5. The summed E-state index contributed by atoms with van der Waals surface area (Å²) in [6.45, 7) is -0.147. The second-order valence-electron chi connectivity index (χ2n) is 4.96. The topological polar surface area (TPSA) is 126 Å². The fourth-order valence-electron chi connectivity index (χ4n) is 2.28. The number of nitro benzene ring substituents is 2. The molecule has 0 saturated carbocycles. The molecule has 3 rings (SSSR count).